The van der Waals surface area contributed by atoms with Crippen LogP contribution in [0.5, 0.6) is 0 Å². The number of benzene rings is 2. The Kier molecular flexibility index (Phi) is 9.06. The Balaban J connectivity index is 1.69. The molecule has 1 heterocycles. The van der Waals surface area contributed by atoms with Crippen LogP contribution in [0.1, 0.15) is 26.4 Å². The lowest BCUT2D eigenvalue weighted by molar-refractivity contribution is 0.281. The van der Waals surface area contributed by atoms with E-state index in [2.05, 4.69) is 0 Å². The summed E-state index contributed by atoms with van der Waals surface area (Å²) in [7, 11) is 0. The average Bonchev–Trinajstić information content (AvgIpc) is 3.56. The van der Waals surface area contributed by atoms with Gasteiger partial charge in [-0.05, 0) is 58.7 Å². The van der Waals surface area contributed by atoms with Gasteiger partial charge in [0.05, 0.1) is 13.2 Å². The van der Waals surface area contributed by atoms with Gasteiger partial charge in [-0.1, -0.05) is 42.5 Å². The molecule has 3 aromatic rings. The van der Waals surface area contributed by atoms with Crippen LogP contribution in [-0.2, 0) is 0 Å². The highest BCUT2D eigenvalue weighted by molar-refractivity contribution is 7.13. The van der Waals surface area contributed by atoms with Gasteiger partial charge in [0.25, 0.3) is 0 Å². The van der Waals surface area contributed by atoms with Crippen molar-refractivity contribution in [3.8, 4) is 24.3 Å². The van der Waals surface area contributed by atoms with E-state index in [-0.39, 0.29) is 24.4 Å². The van der Waals surface area contributed by atoms with E-state index in [4.69, 9.17) is 0 Å². The smallest absolute Gasteiger partial charge is 0.138 e. The predicted molar refractivity (Wildman–Crippen MR) is 157 cm³/mol. The molecule has 1 aliphatic rings. The van der Waals surface area contributed by atoms with Gasteiger partial charge in [0, 0.05) is 39.7 Å². The molecule has 0 amide bonds. The van der Waals surface area contributed by atoms with Gasteiger partial charge in [-0.2, -0.15) is 21.0 Å². The lowest BCUT2D eigenvalue weighted by atomic mass is 9.96. The molecule has 40 heavy (non-hydrogen) atoms. The van der Waals surface area contributed by atoms with Crippen molar-refractivity contribution in [3.63, 3.8) is 0 Å². The van der Waals surface area contributed by atoms with E-state index in [1.165, 1.54) is 11.3 Å². The molecular formula is C32H23N5O2S. The highest BCUT2D eigenvalue weighted by Gasteiger charge is 2.32. The third-order valence-corrected chi connectivity index (χ3v) is 7.32. The summed E-state index contributed by atoms with van der Waals surface area (Å²) in [6, 6.07) is 26.7. The molecule has 4 rings (SSSR count). The molecule has 0 atom stereocenters. The van der Waals surface area contributed by atoms with E-state index in [1.54, 1.807) is 24.3 Å². The Morgan fingerprint density at radius 3 is 1.73 bits per heavy atom. The second-order valence-electron chi connectivity index (χ2n) is 8.65. The first-order valence-corrected chi connectivity index (χ1v) is 13.2. The number of hydrogen-bond acceptors (Lipinski definition) is 8. The van der Waals surface area contributed by atoms with Crippen molar-refractivity contribution in [2.24, 2.45) is 0 Å². The maximum Gasteiger partial charge on any atom is 0.138 e. The maximum absolute atomic E-state index is 9.68. The first-order chi connectivity index (χ1) is 19.6. The van der Waals surface area contributed by atoms with Crippen molar-refractivity contribution >= 4 is 46.4 Å². The van der Waals surface area contributed by atoms with E-state index in [0.29, 0.717) is 40.9 Å². The lowest BCUT2D eigenvalue weighted by Crippen LogP contribution is -2.29. The molecule has 0 fully saturated rings. The van der Waals surface area contributed by atoms with E-state index in [0.717, 1.165) is 21.0 Å². The number of aliphatic hydroxyl groups is 2. The molecule has 7 nitrogen and oxygen atoms in total. The Morgan fingerprint density at radius 1 is 0.700 bits per heavy atom. The fourth-order valence-electron chi connectivity index (χ4n) is 4.55. The van der Waals surface area contributed by atoms with Crippen molar-refractivity contribution in [2.75, 3.05) is 31.2 Å². The number of nitrogens with zero attached hydrogens (tertiary/aromatic N) is 5. The summed E-state index contributed by atoms with van der Waals surface area (Å²) in [6.45, 7) is 0.886. The van der Waals surface area contributed by atoms with E-state index < -0.39 is 0 Å². The molecule has 2 N–H and O–H groups in total. The van der Waals surface area contributed by atoms with Gasteiger partial charge in [-0.25, -0.2) is 0 Å². The molecule has 0 radical (unpaired) electrons. The second kappa shape index (κ2) is 13.0. The van der Waals surface area contributed by atoms with Gasteiger partial charge in [0.15, 0.2) is 0 Å². The third-order valence-electron chi connectivity index (χ3n) is 6.32. The standard InChI is InChI=1S/C32H23N5O2S/c33-18-23(19-34)31-28-3-1-2-4-29(28)32(24(20-35)21-36)30(31)17-27-12-11-26(40-27)10-7-22-5-8-25(9-6-22)37(13-15-38)14-16-39/h1-12,17,38-39H,13-16H2/b10-7+. The summed E-state index contributed by atoms with van der Waals surface area (Å²) >= 11 is 1.49. The van der Waals surface area contributed by atoms with Crippen molar-refractivity contribution in [1.29, 1.82) is 21.0 Å². The number of nitriles is 4. The van der Waals surface area contributed by atoms with Crippen molar-refractivity contribution in [1.82, 2.24) is 0 Å². The van der Waals surface area contributed by atoms with Crippen LogP contribution in [0.25, 0.3) is 29.4 Å². The molecule has 8 heteroatoms. The molecule has 0 saturated heterocycles. The molecule has 0 saturated carbocycles. The summed E-state index contributed by atoms with van der Waals surface area (Å²) in [5, 5.41) is 57.3. The van der Waals surface area contributed by atoms with Crippen molar-refractivity contribution in [2.45, 2.75) is 0 Å². The zero-order chi connectivity index (χ0) is 28.5. The van der Waals surface area contributed by atoms with Gasteiger partial charge in [0.1, 0.15) is 35.4 Å². The zero-order valence-corrected chi connectivity index (χ0v) is 22.2. The first kappa shape index (κ1) is 27.8. The van der Waals surface area contributed by atoms with Crippen LogP contribution in [0.4, 0.5) is 5.69 Å². The fraction of sp³-hybridized carbons (Fsp3) is 0.125. The molecule has 1 aliphatic carbocycles. The number of aliphatic hydroxyl groups excluding tert-OH is 2. The Bertz CT molecular complexity index is 1610. The molecule has 0 spiro atoms. The number of hydrogen-bond donors (Lipinski definition) is 2. The minimum absolute atomic E-state index is 0.00184. The van der Waals surface area contributed by atoms with Gasteiger partial charge in [-0.15, -0.1) is 11.3 Å². The first-order valence-electron chi connectivity index (χ1n) is 12.3. The van der Waals surface area contributed by atoms with E-state index in [9.17, 15) is 31.3 Å². The quantitative estimate of drug-likeness (QED) is 0.364. The minimum Gasteiger partial charge on any atom is -0.395 e. The summed E-state index contributed by atoms with van der Waals surface area (Å²) in [6.07, 6.45) is 5.77. The predicted octanol–water partition coefficient (Wildman–Crippen LogP) is 5.41. The molecule has 0 bridgehead atoms. The lowest BCUT2D eigenvalue weighted by Gasteiger charge is -2.22. The topological polar surface area (TPSA) is 139 Å². The monoisotopic (exact) mass is 541 g/mol. The van der Waals surface area contributed by atoms with Gasteiger partial charge in [0.2, 0.25) is 0 Å². The van der Waals surface area contributed by atoms with E-state index >= 15 is 0 Å². The van der Waals surface area contributed by atoms with Crippen LogP contribution >= 0.6 is 11.3 Å². The normalized spacial score (nSPS) is 11.8. The Morgan fingerprint density at radius 2 is 1.23 bits per heavy atom. The number of thiophene rings is 1. The zero-order valence-electron chi connectivity index (χ0n) is 21.4. The minimum atomic E-state index is -0.0828. The van der Waals surface area contributed by atoms with Crippen LogP contribution in [0.2, 0.25) is 0 Å². The van der Waals surface area contributed by atoms with Crippen molar-refractivity contribution in [3.05, 3.63) is 104 Å². The largest absolute Gasteiger partial charge is 0.395 e. The molecule has 0 unspecified atom stereocenters. The van der Waals surface area contributed by atoms with Crippen LogP contribution in [0.3, 0.4) is 0 Å². The molecule has 2 aromatic carbocycles. The molecular weight excluding hydrogens is 518 g/mol. The third kappa shape index (κ3) is 5.77. The Hall–Kier alpha value is -5.22. The highest BCUT2D eigenvalue weighted by atomic mass is 32.1. The molecule has 194 valence electrons. The summed E-state index contributed by atoms with van der Waals surface area (Å²) in [5.74, 6) is 0. The molecule has 0 aliphatic heterocycles. The van der Waals surface area contributed by atoms with Crippen LogP contribution in [-0.4, -0.2) is 36.5 Å². The highest BCUT2D eigenvalue weighted by Crippen LogP contribution is 2.48. The summed E-state index contributed by atoms with van der Waals surface area (Å²) in [5.41, 5.74) is 4.34. The van der Waals surface area contributed by atoms with E-state index in [1.807, 2.05) is 83.8 Å². The second-order valence-corrected chi connectivity index (χ2v) is 9.80. The van der Waals surface area contributed by atoms with Crippen LogP contribution < -0.4 is 4.90 Å². The Labute approximate surface area is 236 Å². The fourth-order valence-corrected chi connectivity index (χ4v) is 5.41. The summed E-state index contributed by atoms with van der Waals surface area (Å²) in [4.78, 5) is 3.71. The van der Waals surface area contributed by atoms with Gasteiger partial charge >= 0.3 is 0 Å². The average molecular weight is 542 g/mol. The van der Waals surface area contributed by atoms with Crippen LogP contribution in [0.15, 0.2) is 77.4 Å². The SMILES string of the molecule is N#CC(C#N)=C1C(=Cc2ccc(/C=C/c3ccc(N(CCO)CCO)cc3)s2)C(=C(C#N)C#N)c2ccccc21. The van der Waals surface area contributed by atoms with Crippen LogP contribution in [0, 0.1) is 45.3 Å². The van der Waals surface area contributed by atoms with Gasteiger partial charge in [-0.3, -0.25) is 0 Å². The van der Waals surface area contributed by atoms with Gasteiger partial charge < -0.3 is 15.1 Å². The summed E-state index contributed by atoms with van der Waals surface area (Å²) < 4.78 is 0. The number of allylic oxidation sites excluding steroid dienone is 5. The maximum atomic E-state index is 9.68. The molecule has 1 aromatic heterocycles. The number of fused-ring (bicyclic) bond motifs is 1. The number of rotatable bonds is 8. The van der Waals surface area contributed by atoms with Crippen molar-refractivity contribution < 1.29 is 10.2 Å². The number of anilines is 1.